The number of nitriles is 1. The van der Waals surface area contributed by atoms with Crippen LogP contribution in [0.1, 0.15) is 16.7 Å². The number of benzene rings is 2. The first-order valence-corrected chi connectivity index (χ1v) is 8.83. The molecule has 0 atom stereocenters. The number of fused-ring (bicyclic) bond motifs is 2. The van der Waals surface area contributed by atoms with E-state index in [0.29, 0.717) is 11.4 Å². The van der Waals surface area contributed by atoms with Gasteiger partial charge in [0, 0.05) is 13.1 Å². The van der Waals surface area contributed by atoms with Crippen molar-refractivity contribution in [3.8, 4) is 11.9 Å². The van der Waals surface area contributed by atoms with Crippen LogP contribution in [-0.2, 0) is 13.0 Å². The molecule has 130 valence electrons. The van der Waals surface area contributed by atoms with Crippen LogP contribution in [0.25, 0.3) is 16.9 Å². The molecule has 2 aromatic heterocycles. The maximum Gasteiger partial charge on any atom is 0.159 e. The van der Waals surface area contributed by atoms with Crippen LogP contribution in [0.15, 0.2) is 61.2 Å². The fraction of sp³-hybridized carbons (Fsp3) is 0.143. The number of aromatic nitrogens is 4. The number of imidazole rings is 1. The maximum absolute atomic E-state index is 9.18. The van der Waals surface area contributed by atoms with E-state index < -0.39 is 0 Å². The van der Waals surface area contributed by atoms with Gasteiger partial charge in [0.05, 0.1) is 35.1 Å². The zero-order valence-electron chi connectivity index (χ0n) is 14.6. The number of anilines is 1. The van der Waals surface area contributed by atoms with E-state index in [0.717, 1.165) is 36.4 Å². The summed E-state index contributed by atoms with van der Waals surface area (Å²) in [5.41, 5.74) is 5.02. The second kappa shape index (κ2) is 6.22. The first-order chi connectivity index (χ1) is 13.3. The summed E-state index contributed by atoms with van der Waals surface area (Å²) in [7, 11) is 0. The minimum Gasteiger partial charge on any atom is -0.351 e. The fourth-order valence-electron chi connectivity index (χ4n) is 3.57. The molecular weight excluding hydrogens is 336 g/mol. The Morgan fingerprint density at radius 3 is 2.74 bits per heavy atom. The lowest BCUT2D eigenvalue weighted by Crippen LogP contribution is -2.31. The summed E-state index contributed by atoms with van der Waals surface area (Å²) in [4.78, 5) is 15.9. The smallest absolute Gasteiger partial charge is 0.159 e. The molecule has 6 nitrogen and oxygen atoms in total. The molecule has 1 aliphatic heterocycles. The molecule has 0 bridgehead atoms. The summed E-state index contributed by atoms with van der Waals surface area (Å²) in [6, 6.07) is 16.2. The molecule has 1 aliphatic rings. The van der Waals surface area contributed by atoms with Crippen LogP contribution >= 0.6 is 0 Å². The normalized spacial score (nSPS) is 13.4. The van der Waals surface area contributed by atoms with E-state index in [1.807, 2.05) is 16.7 Å². The predicted octanol–water partition coefficient (Wildman–Crippen LogP) is 3.25. The monoisotopic (exact) mass is 352 g/mol. The van der Waals surface area contributed by atoms with Crippen molar-refractivity contribution in [1.29, 1.82) is 5.26 Å². The lowest BCUT2D eigenvalue weighted by Gasteiger charge is -2.29. The van der Waals surface area contributed by atoms with Crippen LogP contribution in [0.2, 0.25) is 0 Å². The van der Waals surface area contributed by atoms with Gasteiger partial charge in [-0.3, -0.25) is 9.55 Å². The van der Waals surface area contributed by atoms with E-state index >= 15 is 0 Å². The third-order valence-corrected chi connectivity index (χ3v) is 4.99. The molecule has 0 spiro atoms. The Bertz CT molecular complexity index is 1190. The van der Waals surface area contributed by atoms with E-state index in [-0.39, 0.29) is 0 Å². The van der Waals surface area contributed by atoms with Gasteiger partial charge in [0.25, 0.3) is 0 Å². The summed E-state index contributed by atoms with van der Waals surface area (Å²) in [5, 5.41) is 9.18. The SMILES string of the molecule is N#Cc1ccc2ncn(-c3cncc(N4CCc5ccccc5C4)n3)c2c1. The van der Waals surface area contributed by atoms with Crippen LogP contribution in [0.4, 0.5) is 5.82 Å². The topological polar surface area (TPSA) is 70.6 Å². The Morgan fingerprint density at radius 1 is 1.00 bits per heavy atom. The van der Waals surface area contributed by atoms with Crippen molar-refractivity contribution in [2.24, 2.45) is 0 Å². The Morgan fingerprint density at radius 2 is 1.85 bits per heavy atom. The van der Waals surface area contributed by atoms with Gasteiger partial charge in [0.15, 0.2) is 5.82 Å². The molecule has 0 saturated heterocycles. The van der Waals surface area contributed by atoms with Gasteiger partial charge >= 0.3 is 0 Å². The highest BCUT2D eigenvalue weighted by atomic mass is 15.2. The minimum absolute atomic E-state index is 0.598. The van der Waals surface area contributed by atoms with Gasteiger partial charge in [0.2, 0.25) is 0 Å². The standard InChI is InChI=1S/C21H16N6/c22-10-15-5-6-18-19(9-15)27(14-24-18)21-12-23-11-20(25-21)26-8-7-16-3-1-2-4-17(16)13-26/h1-6,9,11-12,14H,7-8,13H2. The van der Waals surface area contributed by atoms with Gasteiger partial charge in [-0.25, -0.2) is 9.97 Å². The van der Waals surface area contributed by atoms with Crippen molar-refractivity contribution in [2.75, 3.05) is 11.4 Å². The van der Waals surface area contributed by atoms with Crippen LogP contribution in [0.3, 0.4) is 0 Å². The number of nitrogens with zero attached hydrogens (tertiary/aromatic N) is 6. The van der Waals surface area contributed by atoms with Gasteiger partial charge in [-0.05, 0) is 35.7 Å². The van der Waals surface area contributed by atoms with E-state index in [4.69, 9.17) is 4.98 Å². The Kier molecular flexibility index (Phi) is 3.58. The summed E-state index contributed by atoms with van der Waals surface area (Å²) >= 11 is 0. The van der Waals surface area contributed by atoms with Crippen molar-refractivity contribution in [3.63, 3.8) is 0 Å². The lowest BCUT2D eigenvalue weighted by atomic mass is 10.0. The molecule has 3 heterocycles. The molecule has 6 heteroatoms. The Hall–Kier alpha value is -3.72. The summed E-state index contributed by atoms with van der Waals surface area (Å²) in [6.07, 6.45) is 6.26. The maximum atomic E-state index is 9.18. The summed E-state index contributed by atoms with van der Waals surface area (Å²) in [6.45, 7) is 1.75. The molecule has 0 radical (unpaired) electrons. The lowest BCUT2D eigenvalue weighted by molar-refractivity contribution is 0.716. The average molecular weight is 352 g/mol. The average Bonchev–Trinajstić information content (AvgIpc) is 3.16. The zero-order valence-corrected chi connectivity index (χ0v) is 14.6. The molecule has 0 N–H and O–H groups in total. The first-order valence-electron chi connectivity index (χ1n) is 8.83. The summed E-state index contributed by atoms with van der Waals surface area (Å²) in [5.74, 6) is 1.55. The van der Waals surface area contributed by atoms with Gasteiger partial charge in [0.1, 0.15) is 12.1 Å². The molecule has 0 fully saturated rings. The predicted molar refractivity (Wildman–Crippen MR) is 103 cm³/mol. The van der Waals surface area contributed by atoms with Crippen LogP contribution in [0.5, 0.6) is 0 Å². The molecule has 0 unspecified atom stereocenters. The number of rotatable bonds is 2. The van der Waals surface area contributed by atoms with Crippen molar-refractivity contribution in [1.82, 2.24) is 19.5 Å². The van der Waals surface area contributed by atoms with Gasteiger partial charge in [-0.1, -0.05) is 24.3 Å². The van der Waals surface area contributed by atoms with E-state index in [1.54, 1.807) is 24.8 Å². The highest BCUT2D eigenvalue weighted by Gasteiger charge is 2.18. The van der Waals surface area contributed by atoms with Crippen LogP contribution in [-0.4, -0.2) is 26.1 Å². The van der Waals surface area contributed by atoms with E-state index in [9.17, 15) is 5.26 Å². The molecular formula is C21H16N6. The van der Waals surface area contributed by atoms with Crippen molar-refractivity contribution >= 4 is 16.9 Å². The van der Waals surface area contributed by atoms with Gasteiger partial charge in [-0.2, -0.15) is 5.26 Å². The fourth-order valence-corrected chi connectivity index (χ4v) is 3.57. The minimum atomic E-state index is 0.598. The van der Waals surface area contributed by atoms with Crippen molar-refractivity contribution in [2.45, 2.75) is 13.0 Å². The second-order valence-corrected chi connectivity index (χ2v) is 6.61. The van der Waals surface area contributed by atoms with E-state index in [1.165, 1.54) is 11.1 Å². The highest BCUT2D eigenvalue weighted by molar-refractivity contribution is 5.78. The first kappa shape index (κ1) is 15.5. The number of hydrogen-bond donors (Lipinski definition) is 0. The van der Waals surface area contributed by atoms with Crippen LogP contribution in [0, 0.1) is 11.3 Å². The van der Waals surface area contributed by atoms with Crippen molar-refractivity contribution < 1.29 is 0 Å². The van der Waals surface area contributed by atoms with Gasteiger partial charge in [-0.15, -0.1) is 0 Å². The molecule has 2 aromatic carbocycles. The van der Waals surface area contributed by atoms with Crippen LogP contribution < -0.4 is 4.90 Å². The largest absolute Gasteiger partial charge is 0.351 e. The van der Waals surface area contributed by atoms with Crippen molar-refractivity contribution in [3.05, 3.63) is 77.9 Å². The molecule has 5 rings (SSSR count). The third-order valence-electron chi connectivity index (χ3n) is 4.99. The Labute approximate surface area is 156 Å². The molecule has 27 heavy (non-hydrogen) atoms. The quantitative estimate of drug-likeness (QED) is 0.554. The zero-order chi connectivity index (χ0) is 18.2. The molecule has 0 aliphatic carbocycles. The van der Waals surface area contributed by atoms with Gasteiger partial charge < -0.3 is 4.90 Å². The Balaban J connectivity index is 1.53. The molecule has 4 aromatic rings. The molecule has 0 amide bonds. The highest BCUT2D eigenvalue weighted by Crippen LogP contribution is 2.24. The molecule has 0 saturated carbocycles. The number of hydrogen-bond acceptors (Lipinski definition) is 5. The second-order valence-electron chi connectivity index (χ2n) is 6.61. The van der Waals surface area contributed by atoms with E-state index in [2.05, 4.69) is 45.2 Å². The summed E-state index contributed by atoms with van der Waals surface area (Å²) < 4.78 is 1.88. The third kappa shape index (κ3) is 2.70.